The summed E-state index contributed by atoms with van der Waals surface area (Å²) in [6.07, 6.45) is -2.03. The van der Waals surface area contributed by atoms with Gasteiger partial charge in [0.2, 0.25) is 11.8 Å². The number of carbonyl (C=O) groups excluding carboxylic acids is 2. The van der Waals surface area contributed by atoms with E-state index in [0.29, 0.717) is 44.1 Å². The fraction of sp³-hybridized carbons (Fsp3) is 0.559. The minimum absolute atomic E-state index is 0.128. The summed E-state index contributed by atoms with van der Waals surface area (Å²) < 4.78 is 10.8. The summed E-state index contributed by atoms with van der Waals surface area (Å²) in [7, 11) is 3.19. The Morgan fingerprint density at radius 2 is 1.63 bits per heavy atom. The Bertz CT molecular complexity index is 1300. The van der Waals surface area contributed by atoms with E-state index in [1.807, 2.05) is 74.2 Å². The summed E-state index contributed by atoms with van der Waals surface area (Å²) >= 11 is 0. The monoisotopic (exact) mass is 641 g/mol. The second-order valence-corrected chi connectivity index (χ2v) is 13.2. The number of rotatable bonds is 14. The summed E-state index contributed by atoms with van der Waals surface area (Å²) in [5, 5.41) is 29.2. The highest BCUT2D eigenvalue weighted by atomic mass is 16.5. The number of nitrogens with one attached hydrogen (secondary N) is 3. The van der Waals surface area contributed by atoms with Crippen molar-refractivity contribution in [3.05, 3.63) is 59.7 Å². The predicted octanol–water partition coefficient (Wildman–Crippen LogP) is 2.49. The molecule has 0 aliphatic carbocycles. The number of amides is 3. The number of hydrogen-bond donors (Lipinski definition) is 5. The van der Waals surface area contributed by atoms with Gasteiger partial charge in [-0.15, -0.1) is 0 Å². The number of aliphatic hydroxyl groups excluding tert-OH is 1. The zero-order valence-corrected chi connectivity index (χ0v) is 28.1. The van der Waals surface area contributed by atoms with Gasteiger partial charge in [0.1, 0.15) is 12.1 Å². The molecule has 254 valence electrons. The van der Waals surface area contributed by atoms with Crippen molar-refractivity contribution in [1.82, 2.24) is 25.8 Å². The van der Waals surface area contributed by atoms with Gasteiger partial charge in [-0.2, -0.15) is 0 Å². The molecular formula is C34H51N5O7. The second kappa shape index (κ2) is 16.6. The minimum atomic E-state index is -1.30. The lowest BCUT2D eigenvalue weighted by Gasteiger charge is -2.43. The lowest BCUT2D eigenvalue weighted by molar-refractivity contribution is -0.132. The van der Waals surface area contributed by atoms with Crippen LogP contribution in [0, 0.1) is 5.92 Å². The number of β-amino-alcohol motifs (C(OH)–C–C–N with tert-alkyl or cyclic N) is 1. The fourth-order valence-electron chi connectivity index (χ4n) is 5.64. The molecule has 0 bridgehead atoms. The van der Waals surface area contributed by atoms with E-state index in [1.165, 1.54) is 0 Å². The zero-order chi connectivity index (χ0) is 34.0. The SMILES string of the molecule is COc1ccc(CN2CCN(C[C@@H](O)[C@H](Cc3ccccc3)NC(=O)[C@@H](NC(=O)O)C(C)C)[C@H](C(=O)NC(C)(C)C)C2)cc1OC. The Labute approximate surface area is 272 Å². The maximum atomic E-state index is 13.7. The number of benzene rings is 2. The lowest BCUT2D eigenvalue weighted by Crippen LogP contribution is -2.63. The Kier molecular flexibility index (Phi) is 13.2. The Hall–Kier alpha value is -3.87. The summed E-state index contributed by atoms with van der Waals surface area (Å²) in [5.41, 5.74) is 1.46. The molecule has 0 radical (unpaired) electrons. The lowest BCUT2D eigenvalue weighted by atomic mass is 9.97. The van der Waals surface area contributed by atoms with Crippen LogP contribution in [-0.4, -0.2) is 108 Å². The van der Waals surface area contributed by atoms with Gasteiger partial charge in [-0.3, -0.25) is 19.4 Å². The highest BCUT2D eigenvalue weighted by Gasteiger charge is 2.37. The first-order chi connectivity index (χ1) is 21.7. The Morgan fingerprint density at radius 1 is 0.957 bits per heavy atom. The van der Waals surface area contributed by atoms with E-state index in [9.17, 15) is 24.6 Å². The van der Waals surface area contributed by atoms with Crippen LogP contribution in [0.1, 0.15) is 45.7 Å². The average Bonchev–Trinajstić information content (AvgIpc) is 2.99. The first-order valence-electron chi connectivity index (χ1n) is 15.7. The Balaban J connectivity index is 1.83. The van der Waals surface area contributed by atoms with Gasteiger partial charge >= 0.3 is 6.09 Å². The van der Waals surface area contributed by atoms with Crippen molar-refractivity contribution in [3.8, 4) is 11.5 Å². The third-order valence-corrected chi connectivity index (χ3v) is 7.97. The van der Waals surface area contributed by atoms with Gasteiger partial charge in [0.25, 0.3) is 0 Å². The number of piperazine rings is 1. The molecule has 46 heavy (non-hydrogen) atoms. The molecule has 1 heterocycles. The normalized spacial score (nSPS) is 17.9. The standard InChI is InChI=1S/C34H51N5O7/c1-22(2)30(36-33(43)44)32(42)35-25(17-23-11-9-8-10-12-23)27(40)21-39-16-15-38(20-26(39)31(41)37-34(3,4)5)19-24-13-14-28(45-6)29(18-24)46-7/h8-14,18,22,25-27,30,36,40H,15-17,19-21H2,1-7H3,(H,35,42)(H,37,41)(H,43,44)/t25-,26-,27+,30-/m0/s1. The molecule has 4 atom stereocenters. The fourth-order valence-corrected chi connectivity index (χ4v) is 5.64. The van der Waals surface area contributed by atoms with Crippen LogP contribution in [0.25, 0.3) is 0 Å². The number of nitrogens with zero attached hydrogens (tertiary/aromatic N) is 2. The molecule has 12 heteroatoms. The minimum Gasteiger partial charge on any atom is -0.493 e. The average molecular weight is 642 g/mol. The van der Waals surface area contributed by atoms with E-state index >= 15 is 0 Å². The number of aliphatic hydroxyl groups is 1. The largest absolute Gasteiger partial charge is 0.493 e. The third kappa shape index (κ3) is 10.9. The van der Waals surface area contributed by atoms with Crippen LogP contribution in [-0.2, 0) is 22.6 Å². The van der Waals surface area contributed by atoms with E-state index in [-0.39, 0.29) is 18.4 Å². The van der Waals surface area contributed by atoms with Crippen LogP contribution < -0.4 is 25.4 Å². The van der Waals surface area contributed by atoms with Crippen LogP contribution in [0.2, 0.25) is 0 Å². The number of ether oxygens (including phenoxy) is 2. The third-order valence-electron chi connectivity index (χ3n) is 7.97. The van der Waals surface area contributed by atoms with Crippen molar-refractivity contribution >= 4 is 17.9 Å². The van der Waals surface area contributed by atoms with Crippen molar-refractivity contribution in [2.24, 2.45) is 5.92 Å². The van der Waals surface area contributed by atoms with Gasteiger partial charge < -0.3 is 35.6 Å². The summed E-state index contributed by atoms with van der Waals surface area (Å²) in [4.78, 5) is 42.5. The molecule has 0 unspecified atom stereocenters. The van der Waals surface area contributed by atoms with Gasteiger partial charge in [0, 0.05) is 38.3 Å². The van der Waals surface area contributed by atoms with Crippen LogP contribution >= 0.6 is 0 Å². The predicted molar refractivity (Wildman–Crippen MR) is 176 cm³/mol. The molecule has 1 aliphatic rings. The molecule has 0 saturated carbocycles. The van der Waals surface area contributed by atoms with Gasteiger partial charge in [0.15, 0.2) is 11.5 Å². The smallest absolute Gasteiger partial charge is 0.405 e. The van der Waals surface area contributed by atoms with Gasteiger partial charge in [-0.25, -0.2) is 4.79 Å². The zero-order valence-electron chi connectivity index (χ0n) is 28.1. The molecule has 12 nitrogen and oxygen atoms in total. The van der Waals surface area contributed by atoms with E-state index in [4.69, 9.17) is 9.47 Å². The summed E-state index contributed by atoms with van der Waals surface area (Å²) in [6.45, 7) is 11.6. The van der Waals surface area contributed by atoms with Crippen molar-refractivity contribution in [2.75, 3.05) is 40.4 Å². The van der Waals surface area contributed by atoms with Crippen LogP contribution in [0.3, 0.4) is 0 Å². The molecule has 3 amide bonds. The quantitative estimate of drug-likeness (QED) is 0.210. The van der Waals surface area contributed by atoms with E-state index in [0.717, 1.165) is 11.1 Å². The number of methoxy groups -OCH3 is 2. The first kappa shape index (κ1) is 36.6. The van der Waals surface area contributed by atoms with E-state index in [1.54, 1.807) is 28.1 Å². The molecule has 1 fully saturated rings. The molecule has 3 rings (SSSR count). The maximum absolute atomic E-state index is 13.7. The number of carbonyl (C=O) groups is 3. The molecule has 2 aromatic carbocycles. The van der Waals surface area contributed by atoms with Crippen molar-refractivity contribution < 1.29 is 34.1 Å². The second-order valence-electron chi connectivity index (χ2n) is 13.2. The van der Waals surface area contributed by atoms with Crippen LogP contribution in [0.5, 0.6) is 11.5 Å². The van der Waals surface area contributed by atoms with E-state index < -0.39 is 41.8 Å². The molecule has 1 saturated heterocycles. The molecule has 2 aromatic rings. The highest BCUT2D eigenvalue weighted by Crippen LogP contribution is 2.28. The van der Waals surface area contributed by atoms with Crippen molar-refractivity contribution in [1.29, 1.82) is 0 Å². The van der Waals surface area contributed by atoms with Crippen molar-refractivity contribution in [2.45, 2.75) is 77.4 Å². The molecule has 0 aromatic heterocycles. The van der Waals surface area contributed by atoms with E-state index in [2.05, 4.69) is 20.9 Å². The van der Waals surface area contributed by atoms with Crippen molar-refractivity contribution in [3.63, 3.8) is 0 Å². The van der Waals surface area contributed by atoms with Crippen LogP contribution in [0.4, 0.5) is 4.79 Å². The summed E-state index contributed by atoms with van der Waals surface area (Å²) in [5.74, 6) is 0.302. The maximum Gasteiger partial charge on any atom is 0.405 e. The molecular weight excluding hydrogens is 590 g/mol. The van der Waals surface area contributed by atoms with Crippen LogP contribution in [0.15, 0.2) is 48.5 Å². The Morgan fingerprint density at radius 3 is 2.22 bits per heavy atom. The number of carboxylic acid groups (broad SMARTS) is 1. The molecule has 1 aliphatic heterocycles. The topological polar surface area (TPSA) is 153 Å². The summed E-state index contributed by atoms with van der Waals surface area (Å²) in [6, 6.07) is 13.0. The van der Waals surface area contributed by atoms with Gasteiger partial charge in [0.05, 0.1) is 26.4 Å². The first-order valence-corrected chi connectivity index (χ1v) is 15.7. The molecule has 5 N–H and O–H groups in total. The highest BCUT2D eigenvalue weighted by molar-refractivity contribution is 5.86. The number of hydrogen-bond acceptors (Lipinski definition) is 8. The van der Waals surface area contributed by atoms with Gasteiger partial charge in [-0.1, -0.05) is 50.2 Å². The molecule has 0 spiro atoms. The van der Waals surface area contributed by atoms with Gasteiger partial charge in [-0.05, 0) is 56.4 Å².